The maximum Gasteiger partial charge on any atom is 0.267 e. The van der Waals surface area contributed by atoms with E-state index in [0.717, 1.165) is 12.8 Å². The summed E-state index contributed by atoms with van der Waals surface area (Å²) in [6, 6.07) is 14.6. The second kappa shape index (κ2) is 9.72. The lowest BCUT2D eigenvalue weighted by atomic mass is 10.1. The molecule has 0 spiro atoms. The Morgan fingerprint density at radius 1 is 0.912 bits per heavy atom. The number of carbonyl (C=O) groups is 3. The van der Waals surface area contributed by atoms with Crippen LogP contribution in [0.1, 0.15) is 23.2 Å². The average molecular weight is 465 g/mol. The van der Waals surface area contributed by atoms with Gasteiger partial charge in [-0.2, -0.15) is 0 Å². The standard InChI is InChI=1S/C25H28N4O5/c30-23(27-19-6-2-1-5-18(19)24(31)26-17-9-10-17)15-28-11-13-29(14-12-28)25(32)22-16-33-20-7-3-4-8-21(20)34-22/h1-8,17,22H,9-16H2,(H,26,31)(H,27,30)/t22-/m1/s1. The van der Waals surface area contributed by atoms with Gasteiger partial charge in [0.15, 0.2) is 11.5 Å². The molecule has 0 unspecified atom stereocenters. The predicted molar refractivity (Wildman–Crippen MR) is 125 cm³/mol. The van der Waals surface area contributed by atoms with Crippen molar-refractivity contribution in [2.75, 3.05) is 44.6 Å². The molecule has 5 rings (SSSR count). The third-order valence-electron chi connectivity index (χ3n) is 6.19. The fourth-order valence-electron chi connectivity index (χ4n) is 4.14. The van der Waals surface area contributed by atoms with Gasteiger partial charge in [-0.3, -0.25) is 19.3 Å². The van der Waals surface area contributed by atoms with Crippen molar-refractivity contribution in [1.29, 1.82) is 0 Å². The van der Waals surface area contributed by atoms with Gasteiger partial charge in [0, 0.05) is 32.2 Å². The Morgan fingerprint density at radius 2 is 1.62 bits per heavy atom. The van der Waals surface area contributed by atoms with Gasteiger partial charge in [-0.25, -0.2) is 0 Å². The molecule has 0 radical (unpaired) electrons. The molecule has 34 heavy (non-hydrogen) atoms. The molecule has 9 heteroatoms. The van der Waals surface area contributed by atoms with Crippen molar-refractivity contribution in [3.8, 4) is 11.5 Å². The Hall–Kier alpha value is -3.59. The van der Waals surface area contributed by atoms with Crippen molar-refractivity contribution in [1.82, 2.24) is 15.1 Å². The Labute approximate surface area is 198 Å². The van der Waals surface area contributed by atoms with E-state index in [4.69, 9.17) is 9.47 Å². The quantitative estimate of drug-likeness (QED) is 0.672. The van der Waals surface area contributed by atoms with E-state index in [1.54, 1.807) is 35.2 Å². The first-order chi connectivity index (χ1) is 16.6. The first-order valence-corrected chi connectivity index (χ1v) is 11.7. The highest BCUT2D eigenvalue weighted by atomic mass is 16.6. The third-order valence-corrected chi connectivity index (χ3v) is 6.19. The van der Waals surface area contributed by atoms with E-state index in [-0.39, 0.29) is 36.9 Å². The van der Waals surface area contributed by atoms with E-state index in [1.807, 2.05) is 23.1 Å². The zero-order valence-corrected chi connectivity index (χ0v) is 18.9. The Morgan fingerprint density at radius 3 is 2.38 bits per heavy atom. The van der Waals surface area contributed by atoms with E-state index in [0.29, 0.717) is 48.9 Å². The van der Waals surface area contributed by atoms with Gasteiger partial charge >= 0.3 is 0 Å². The summed E-state index contributed by atoms with van der Waals surface area (Å²) in [5.41, 5.74) is 0.976. The lowest BCUT2D eigenvalue weighted by Crippen LogP contribution is -2.54. The third kappa shape index (κ3) is 5.14. The largest absolute Gasteiger partial charge is 0.485 e. The minimum Gasteiger partial charge on any atom is -0.485 e. The van der Waals surface area contributed by atoms with E-state index in [2.05, 4.69) is 10.6 Å². The van der Waals surface area contributed by atoms with Gasteiger partial charge in [0.05, 0.1) is 17.8 Å². The van der Waals surface area contributed by atoms with Crippen molar-refractivity contribution >= 4 is 23.4 Å². The van der Waals surface area contributed by atoms with Gasteiger partial charge < -0.3 is 25.0 Å². The van der Waals surface area contributed by atoms with Gasteiger partial charge in [-0.15, -0.1) is 0 Å². The van der Waals surface area contributed by atoms with Crippen LogP contribution >= 0.6 is 0 Å². The molecule has 2 aromatic carbocycles. The SMILES string of the molecule is O=C(CN1CCN(C(=O)[C@H]2COc3ccccc3O2)CC1)Nc1ccccc1C(=O)NC1CC1. The number of piperazine rings is 1. The zero-order valence-electron chi connectivity index (χ0n) is 18.9. The molecule has 3 aliphatic rings. The predicted octanol–water partition coefficient (Wildman–Crippen LogP) is 1.50. The second-order valence-corrected chi connectivity index (χ2v) is 8.81. The molecule has 2 N–H and O–H groups in total. The van der Waals surface area contributed by atoms with Crippen LogP contribution in [0.15, 0.2) is 48.5 Å². The summed E-state index contributed by atoms with van der Waals surface area (Å²) in [7, 11) is 0. The van der Waals surface area contributed by atoms with E-state index in [1.165, 1.54) is 0 Å². The maximum absolute atomic E-state index is 12.9. The number of carbonyl (C=O) groups excluding carboxylic acids is 3. The summed E-state index contributed by atoms with van der Waals surface area (Å²) in [5, 5.41) is 5.82. The van der Waals surface area contributed by atoms with Crippen molar-refractivity contribution in [2.24, 2.45) is 0 Å². The number of nitrogens with zero attached hydrogens (tertiary/aromatic N) is 2. The molecule has 3 amide bonds. The number of hydrogen-bond donors (Lipinski definition) is 2. The number of benzene rings is 2. The number of hydrogen-bond acceptors (Lipinski definition) is 6. The lowest BCUT2D eigenvalue weighted by molar-refractivity contribution is -0.143. The first kappa shape index (κ1) is 22.2. The molecule has 2 heterocycles. The molecule has 1 atom stereocenters. The van der Waals surface area contributed by atoms with Gasteiger partial charge in [0.25, 0.3) is 11.8 Å². The monoisotopic (exact) mass is 464 g/mol. The van der Waals surface area contributed by atoms with E-state index in [9.17, 15) is 14.4 Å². The van der Waals surface area contributed by atoms with Crippen LogP contribution in [0.3, 0.4) is 0 Å². The van der Waals surface area contributed by atoms with Crippen LogP contribution in [0.4, 0.5) is 5.69 Å². The van der Waals surface area contributed by atoms with E-state index < -0.39 is 6.10 Å². The molecule has 1 saturated heterocycles. The Kier molecular flexibility index (Phi) is 6.35. The highest BCUT2D eigenvalue weighted by Crippen LogP contribution is 2.31. The first-order valence-electron chi connectivity index (χ1n) is 11.7. The molecule has 2 aromatic rings. The molecule has 2 fully saturated rings. The van der Waals surface area contributed by atoms with E-state index >= 15 is 0 Å². The number of nitrogens with one attached hydrogen (secondary N) is 2. The lowest BCUT2D eigenvalue weighted by Gasteiger charge is -2.36. The number of fused-ring (bicyclic) bond motifs is 1. The highest BCUT2D eigenvalue weighted by molar-refractivity contribution is 6.04. The molecule has 9 nitrogen and oxygen atoms in total. The summed E-state index contributed by atoms with van der Waals surface area (Å²) in [6.45, 7) is 2.55. The maximum atomic E-state index is 12.9. The number of ether oxygens (including phenoxy) is 2. The summed E-state index contributed by atoms with van der Waals surface area (Å²) >= 11 is 0. The topological polar surface area (TPSA) is 100 Å². The van der Waals surface area contributed by atoms with Gasteiger partial charge in [-0.05, 0) is 37.1 Å². The number of rotatable bonds is 6. The minimum absolute atomic E-state index is 0.103. The number of anilines is 1. The molecule has 2 aliphatic heterocycles. The van der Waals surface area contributed by atoms with Crippen molar-refractivity contribution in [2.45, 2.75) is 25.0 Å². The summed E-state index contributed by atoms with van der Waals surface area (Å²) in [6.07, 6.45) is 1.34. The zero-order chi connectivity index (χ0) is 23.5. The van der Waals surface area contributed by atoms with Gasteiger partial charge in [0.2, 0.25) is 12.0 Å². The molecule has 1 aliphatic carbocycles. The Balaban J connectivity index is 1.10. The molecule has 0 aromatic heterocycles. The number of amides is 3. The minimum atomic E-state index is -0.664. The normalized spacial score (nSPS) is 19.9. The van der Waals surface area contributed by atoms with Crippen molar-refractivity contribution in [3.63, 3.8) is 0 Å². The molecule has 0 bridgehead atoms. The average Bonchev–Trinajstić information content (AvgIpc) is 3.68. The molecule has 178 valence electrons. The van der Waals surface area contributed by atoms with Crippen LogP contribution in [-0.4, -0.2) is 79.0 Å². The Bertz CT molecular complexity index is 1080. The smallest absolute Gasteiger partial charge is 0.267 e. The van der Waals surface area contributed by atoms with Crippen molar-refractivity contribution < 1.29 is 23.9 Å². The van der Waals surface area contributed by atoms with Crippen LogP contribution in [0.25, 0.3) is 0 Å². The second-order valence-electron chi connectivity index (χ2n) is 8.81. The molecular formula is C25H28N4O5. The van der Waals surface area contributed by atoms with Gasteiger partial charge in [0.1, 0.15) is 6.61 Å². The van der Waals surface area contributed by atoms with Crippen LogP contribution in [-0.2, 0) is 9.59 Å². The fraction of sp³-hybridized carbons (Fsp3) is 0.400. The fourth-order valence-corrected chi connectivity index (χ4v) is 4.14. The van der Waals surface area contributed by atoms with Crippen LogP contribution in [0.5, 0.6) is 11.5 Å². The van der Waals surface area contributed by atoms with Crippen LogP contribution in [0, 0.1) is 0 Å². The van der Waals surface area contributed by atoms with Gasteiger partial charge in [-0.1, -0.05) is 24.3 Å². The van der Waals surface area contributed by atoms with Crippen molar-refractivity contribution in [3.05, 3.63) is 54.1 Å². The highest BCUT2D eigenvalue weighted by Gasteiger charge is 2.33. The summed E-state index contributed by atoms with van der Waals surface area (Å²) < 4.78 is 11.5. The summed E-state index contributed by atoms with van der Waals surface area (Å²) in [4.78, 5) is 41.8. The van der Waals surface area contributed by atoms with Crippen LogP contribution in [0.2, 0.25) is 0 Å². The molecular weight excluding hydrogens is 436 g/mol. The summed E-state index contributed by atoms with van der Waals surface area (Å²) in [5.74, 6) is 0.769. The number of para-hydroxylation sites is 3. The molecule has 1 saturated carbocycles. The van der Waals surface area contributed by atoms with Crippen LogP contribution < -0.4 is 20.1 Å².